The average molecular weight is 382 g/mol. The molecule has 2 aromatic rings. The number of methoxy groups -OCH3 is 1. The lowest BCUT2D eigenvalue weighted by Gasteiger charge is -2.56. The summed E-state index contributed by atoms with van der Waals surface area (Å²) >= 11 is 4.99. The quantitative estimate of drug-likeness (QED) is 0.808. The molecule has 116 valence electrons. The maximum absolute atomic E-state index is 5.11. The number of rotatable bonds is 4. The van der Waals surface area contributed by atoms with Crippen molar-refractivity contribution in [1.82, 2.24) is 20.1 Å². The minimum Gasteiger partial charge on any atom is -0.481 e. The maximum Gasteiger partial charge on any atom is 0.212 e. The number of anilines is 1. The van der Waals surface area contributed by atoms with Crippen LogP contribution in [0, 0.1) is 0 Å². The Labute approximate surface area is 141 Å². The zero-order valence-electron chi connectivity index (χ0n) is 12.1. The molecule has 0 aliphatic carbocycles. The van der Waals surface area contributed by atoms with Gasteiger partial charge >= 0.3 is 0 Å². The number of hydrogen-bond acceptors (Lipinski definition) is 7. The molecule has 3 fully saturated rings. The molecular weight excluding hydrogens is 366 g/mol. The number of pyridine rings is 1. The average Bonchev–Trinajstić information content (AvgIpc) is 3.00. The molecule has 6 nitrogen and oxygen atoms in total. The molecule has 0 spiro atoms. The van der Waals surface area contributed by atoms with Crippen LogP contribution in [0.1, 0.15) is 12.0 Å². The van der Waals surface area contributed by atoms with Gasteiger partial charge < -0.3 is 9.64 Å². The van der Waals surface area contributed by atoms with Gasteiger partial charge in [-0.25, -0.2) is 4.98 Å². The molecule has 5 rings (SSSR count). The molecule has 8 heteroatoms. The van der Waals surface area contributed by atoms with Crippen molar-refractivity contribution in [2.24, 2.45) is 0 Å². The van der Waals surface area contributed by atoms with E-state index < -0.39 is 0 Å². The van der Waals surface area contributed by atoms with Crippen LogP contribution in [0.2, 0.25) is 0 Å². The fraction of sp³-hybridized carbons (Fsp3) is 0.500. The molecule has 2 aromatic heterocycles. The van der Waals surface area contributed by atoms with Gasteiger partial charge in [0, 0.05) is 44.0 Å². The third-order valence-corrected chi connectivity index (χ3v) is 5.79. The monoisotopic (exact) mass is 381 g/mol. The van der Waals surface area contributed by atoms with Gasteiger partial charge in [0.1, 0.15) is 0 Å². The Morgan fingerprint density at radius 3 is 2.73 bits per heavy atom. The number of aromatic nitrogens is 3. The van der Waals surface area contributed by atoms with Crippen LogP contribution < -0.4 is 9.64 Å². The largest absolute Gasteiger partial charge is 0.481 e. The highest BCUT2D eigenvalue weighted by atomic mass is 79.9. The number of fused-ring (bicyclic) bond motifs is 2. The van der Waals surface area contributed by atoms with E-state index in [9.17, 15) is 0 Å². The molecular formula is C14H16BrN5OS. The van der Waals surface area contributed by atoms with E-state index in [1.807, 2.05) is 12.3 Å². The van der Waals surface area contributed by atoms with Crippen LogP contribution in [-0.4, -0.2) is 52.4 Å². The van der Waals surface area contributed by atoms with Crippen molar-refractivity contribution in [2.75, 3.05) is 25.1 Å². The van der Waals surface area contributed by atoms with Crippen molar-refractivity contribution < 1.29 is 4.74 Å². The molecule has 22 heavy (non-hydrogen) atoms. The van der Waals surface area contributed by atoms with Gasteiger partial charge in [-0.05, 0) is 27.9 Å². The Balaban J connectivity index is 1.40. The standard InChI is InChI=1S/C14H16BrN5OS/c1-21-12-3-2-9(5-16-12)6-20-10-4-11(20)8-19(7-10)14-18-17-13(15)22-14/h2-3,5,10-11H,4,6-8H2,1H3. The first-order chi connectivity index (χ1) is 10.7. The first-order valence-electron chi connectivity index (χ1n) is 7.21. The summed E-state index contributed by atoms with van der Waals surface area (Å²) in [6.45, 7) is 3.02. The van der Waals surface area contributed by atoms with E-state index in [0.717, 1.165) is 28.7 Å². The van der Waals surface area contributed by atoms with Crippen LogP contribution in [0.15, 0.2) is 22.2 Å². The summed E-state index contributed by atoms with van der Waals surface area (Å²) in [7, 11) is 1.64. The molecule has 0 N–H and O–H groups in total. The van der Waals surface area contributed by atoms with Gasteiger partial charge in [-0.2, -0.15) is 0 Å². The van der Waals surface area contributed by atoms with E-state index in [-0.39, 0.29) is 0 Å². The fourth-order valence-corrected chi connectivity index (χ4v) is 4.37. The predicted molar refractivity (Wildman–Crippen MR) is 88.3 cm³/mol. The van der Waals surface area contributed by atoms with E-state index in [4.69, 9.17) is 4.74 Å². The number of nitrogens with zero attached hydrogens (tertiary/aromatic N) is 5. The van der Waals surface area contributed by atoms with Crippen molar-refractivity contribution in [2.45, 2.75) is 25.0 Å². The van der Waals surface area contributed by atoms with Crippen LogP contribution in [0.25, 0.3) is 0 Å². The van der Waals surface area contributed by atoms with Crippen LogP contribution in [-0.2, 0) is 6.54 Å². The van der Waals surface area contributed by atoms with Crippen molar-refractivity contribution in [3.8, 4) is 5.88 Å². The van der Waals surface area contributed by atoms with E-state index in [0.29, 0.717) is 18.0 Å². The van der Waals surface area contributed by atoms with E-state index >= 15 is 0 Å². The zero-order valence-corrected chi connectivity index (χ0v) is 14.5. The second kappa shape index (κ2) is 5.75. The lowest BCUT2D eigenvalue weighted by atomic mass is 9.87. The number of piperazine rings is 1. The Kier molecular flexibility index (Phi) is 3.75. The Morgan fingerprint density at radius 1 is 1.32 bits per heavy atom. The first-order valence-corrected chi connectivity index (χ1v) is 8.82. The second-order valence-corrected chi connectivity index (χ2v) is 7.90. The van der Waals surface area contributed by atoms with Crippen molar-refractivity contribution >= 4 is 32.4 Å². The molecule has 0 saturated carbocycles. The topological polar surface area (TPSA) is 54.4 Å². The molecule has 5 heterocycles. The summed E-state index contributed by atoms with van der Waals surface area (Å²) in [5.74, 6) is 0.667. The highest BCUT2D eigenvalue weighted by Gasteiger charge is 2.45. The van der Waals surface area contributed by atoms with Crippen molar-refractivity contribution in [1.29, 1.82) is 0 Å². The molecule has 2 bridgehead atoms. The highest BCUT2D eigenvalue weighted by molar-refractivity contribution is 9.11. The molecule has 3 aliphatic heterocycles. The third kappa shape index (κ3) is 2.59. The second-order valence-electron chi connectivity index (χ2n) is 5.67. The van der Waals surface area contributed by atoms with Crippen LogP contribution in [0.5, 0.6) is 5.88 Å². The van der Waals surface area contributed by atoms with Gasteiger partial charge in [0.15, 0.2) is 3.92 Å². The molecule has 0 amide bonds. The first kappa shape index (κ1) is 14.3. The summed E-state index contributed by atoms with van der Waals surface area (Å²) < 4.78 is 5.96. The SMILES string of the molecule is COc1ccc(CN2C3CC2CN(c2nnc(Br)s2)C3)cn1. The lowest BCUT2D eigenvalue weighted by molar-refractivity contribution is -0.00856. The summed E-state index contributed by atoms with van der Waals surface area (Å²) in [6.07, 6.45) is 3.19. The highest BCUT2D eigenvalue weighted by Crippen LogP contribution is 2.37. The minimum absolute atomic E-state index is 0.600. The fourth-order valence-electron chi connectivity index (χ4n) is 3.26. The molecule has 0 radical (unpaired) electrons. The summed E-state index contributed by atoms with van der Waals surface area (Å²) in [4.78, 5) is 9.20. The Morgan fingerprint density at radius 2 is 2.14 bits per heavy atom. The van der Waals surface area contributed by atoms with Crippen LogP contribution in [0.3, 0.4) is 0 Å². The summed E-state index contributed by atoms with van der Waals surface area (Å²) in [5.41, 5.74) is 1.24. The van der Waals surface area contributed by atoms with E-state index in [1.165, 1.54) is 12.0 Å². The molecule has 2 unspecified atom stereocenters. The Hall–Kier alpha value is -1.25. The van der Waals surface area contributed by atoms with E-state index in [1.54, 1.807) is 18.4 Å². The summed E-state index contributed by atoms with van der Waals surface area (Å²) in [5, 5.41) is 9.29. The smallest absolute Gasteiger partial charge is 0.212 e. The molecule has 3 saturated heterocycles. The minimum atomic E-state index is 0.600. The van der Waals surface area contributed by atoms with Gasteiger partial charge in [-0.1, -0.05) is 17.4 Å². The lowest BCUT2D eigenvalue weighted by Crippen LogP contribution is -2.68. The number of hydrogen-bond donors (Lipinski definition) is 0. The zero-order chi connectivity index (χ0) is 15.1. The Bertz CT molecular complexity index is 652. The van der Waals surface area contributed by atoms with E-state index in [2.05, 4.69) is 47.0 Å². The number of piperidine rings is 1. The summed E-state index contributed by atoms with van der Waals surface area (Å²) in [6, 6.07) is 5.22. The maximum atomic E-state index is 5.11. The van der Waals surface area contributed by atoms with Crippen LogP contribution >= 0.6 is 27.3 Å². The molecule has 3 aliphatic rings. The van der Waals surface area contributed by atoms with Gasteiger partial charge in [0.2, 0.25) is 11.0 Å². The van der Waals surface area contributed by atoms with Gasteiger partial charge in [-0.3, -0.25) is 4.90 Å². The molecule has 2 atom stereocenters. The third-order valence-electron chi connectivity index (χ3n) is 4.38. The number of halogens is 1. The van der Waals surface area contributed by atoms with Crippen LogP contribution in [0.4, 0.5) is 5.13 Å². The van der Waals surface area contributed by atoms with Crippen molar-refractivity contribution in [3.63, 3.8) is 0 Å². The van der Waals surface area contributed by atoms with Gasteiger partial charge in [0.05, 0.1) is 7.11 Å². The van der Waals surface area contributed by atoms with Gasteiger partial charge in [0.25, 0.3) is 0 Å². The molecule has 0 aromatic carbocycles. The van der Waals surface area contributed by atoms with Gasteiger partial charge in [-0.15, -0.1) is 10.2 Å². The predicted octanol–water partition coefficient (Wildman–Crippen LogP) is 2.17. The number of ether oxygens (including phenoxy) is 1. The van der Waals surface area contributed by atoms with Crippen molar-refractivity contribution in [3.05, 3.63) is 27.8 Å². The normalized spacial score (nSPS) is 24.2.